The zero-order valence-corrected chi connectivity index (χ0v) is 12.0. The Labute approximate surface area is 110 Å². The van der Waals surface area contributed by atoms with Crippen LogP contribution in [0.5, 0.6) is 0 Å². The highest BCUT2D eigenvalue weighted by molar-refractivity contribution is 5.87. The SMILES string of the molecule is C=C(C)C(=O)OC1CCC(C(C)CC)CC1(C)O. The topological polar surface area (TPSA) is 46.5 Å². The van der Waals surface area contributed by atoms with E-state index in [9.17, 15) is 9.90 Å². The second-order valence-electron chi connectivity index (χ2n) is 5.96. The first kappa shape index (κ1) is 15.2. The molecule has 0 aliphatic heterocycles. The molecular formula is C15H26O3. The Morgan fingerprint density at radius 1 is 1.56 bits per heavy atom. The van der Waals surface area contributed by atoms with Gasteiger partial charge in [0.25, 0.3) is 0 Å². The summed E-state index contributed by atoms with van der Waals surface area (Å²) in [6.07, 6.45) is 3.18. The standard InChI is InChI=1S/C15H26O3/c1-6-11(4)12-7-8-13(15(5,17)9-12)18-14(16)10(2)3/h11-13,17H,2,6-9H2,1,3-5H3. The van der Waals surface area contributed by atoms with Crippen molar-refractivity contribution in [2.75, 3.05) is 0 Å². The molecular weight excluding hydrogens is 228 g/mol. The summed E-state index contributed by atoms with van der Waals surface area (Å²) < 4.78 is 5.34. The molecule has 4 atom stereocenters. The zero-order valence-electron chi connectivity index (χ0n) is 12.0. The number of carbonyl (C=O) groups excluding carboxylic acids is 1. The summed E-state index contributed by atoms with van der Waals surface area (Å²) in [5.74, 6) is 0.723. The second-order valence-corrected chi connectivity index (χ2v) is 5.96. The Balaban J connectivity index is 2.65. The predicted octanol–water partition coefficient (Wildman–Crippen LogP) is 3.07. The molecule has 3 nitrogen and oxygen atoms in total. The molecule has 0 aromatic carbocycles. The first-order valence-electron chi connectivity index (χ1n) is 6.86. The fourth-order valence-corrected chi connectivity index (χ4v) is 2.68. The summed E-state index contributed by atoms with van der Waals surface area (Å²) in [4.78, 5) is 11.5. The van der Waals surface area contributed by atoms with Crippen LogP contribution in [0.25, 0.3) is 0 Å². The maximum Gasteiger partial charge on any atom is 0.333 e. The van der Waals surface area contributed by atoms with E-state index in [1.807, 2.05) is 0 Å². The van der Waals surface area contributed by atoms with Crippen LogP contribution in [0, 0.1) is 11.8 Å². The van der Waals surface area contributed by atoms with E-state index >= 15 is 0 Å². The summed E-state index contributed by atoms with van der Waals surface area (Å²) >= 11 is 0. The number of aliphatic hydroxyl groups is 1. The molecule has 0 spiro atoms. The van der Waals surface area contributed by atoms with E-state index in [4.69, 9.17) is 4.74 Å². The van der Waals surface area contributed by atoms with Crippen molar-refractivity contribution in [2.45, 2.75) is 65.1 Å². The quantitative estimate of drug-likeness (QED) is 0.619. The monoisotopic (exact) mass is 254 g/mol. The summed E-state index contributed by atoms with van der Waals surface area (Å²) in [5.41, 5.74) is -0.535. The first-order chi connectivity index (χ1) is 8.27. The van der Waals surface area contributed by atoms with E-state index in [2.05, 4.69) is 20.4 Å². The number of hydrogen-bond acceptors (Lipinski definition) is 3. The average Bonchev–Trinajstić information content (AvgIpc) is 2.29. The highest BCUT2D eigenvalue weighted by Gasteiger charge is 2.42. The summed E-state index contributed by atoms with van der Waals surface area (Å²) in [7, 11) is 0. The van der Waals surface area contributed by atoms with Gasteiger partial charge in [0.05, 0.1) is 5.60 Å². The summed E-state index contributed by atoms with van der Waals surface area (Å²) in [5, 5.41) is 10.5. The van der Waals surface area contributed by atoms with Crippen LogP contribution < -0.4 is 0 Å². The van der Waals surface area contributed by atoms with Gasteiger partial charge in [-0.1, -0.05) is 26.8 Å². The molecule has 4 unspecified atom stereocenters. The van der Waals surface area contributed by atoms with E-state index in [1.165, 1.54) is 0 Å². The van der Waals surface area contributed by atoms with E-state index in [0.29, 0.717) is 23.8 Å². The van der Waals surface area contributed by atoms with Gasteiger partial charge in [0.2, 0.25) is 0 Å². The smallest absolute Gasteiger partial charge is 0.333 e. The third-order valence-electron chi connectivity index (χ3n) is 4.22. The van der Waals surface area contributed by atoms with Gasteiger partial charge < -0.3 is 9.84 Å². The lowest BCUT2D eigenvalue weighted by Gasteiger charge is -2.42. The predicted molar refractivity (Wildman–Crippen MR) is 72.1 cm³/mol. The Bertz CT molecular complexity index is 320. The van der Waals surface area contributed by atoms with Crippen LogP contribution in [0.3, 0.4) is 0 Å². The van der Waals surface area contributed by atoms with Gasteiger partial charge in [-0.15, -0.1) is 0 Å². The molecule has 1 aliphatic carbocycles. The molecule has 0 radical (unpaired) electrons. The van der Waals surface area contributed by atoms with E-state index in [0.717, 1.165) is 19.3 Å². The molecule has 0 amide bonds. The maximum absolute atomic E-state index is 11.5. The molecule has 104 valence electrons. The third kappa shape index (κ3) is 3.58. The molecule has 1 saturated carbocycles. The molecule has 0 heterocycles. The van der Waals surface area contributed by atoms with Gasteiger partial charge in [0, 0.05) is 5.57 Å². The van der Waals surface area contributed by atoms with Crippen LogP contribution in [-0.2, 0) is 9.53 Å². The van der Waals surface area contributed by atoms with Crippen LogP contribution in [0.2, 0.25) is 0 Å². The van der Waals surface area contributed by atoms with Crippen molar-refractivity contribution in [2.24, 2.45) is 11.8 Å². The van der Waals surface area contributed by atoms with Crippen molar-refractivity contribution in [3.63, 3.8) is 0 Å². The van der Waals surface area contributed by atoms with Gasteiger partial charge in [-0.3, -0.25) is 0 Å². The zero-order chi connectivity index (χ0) is 13.9. The van der Waals surface area contributed by atoms with E-state index in [-0.39, 0.29) is 0 Å². The molecule has 0 aromatic heterocycles. The number of rotatable bonds is 4. The van der Waals surface area contributed by atoms with Crippen LogP contribution in [-0.4, -0.2) is 22.8 Å². The molecule has 0 bridgehead atoms. The second kappa shape index (κ2) is 5.87. The van der Waals surface area contributed by atoms with Crippen LogP contribution in [0.15, 0.2) is 12.2 Å². The number of hydrogen-bond donors (Lipinski definition) is 1. The van der Waals surface area contributed by atoms with Gasteiger partial charge in [-0.25, -0.2) is 4.79 Å². The molecule has 1 rings (SSSR count). The van der Waals surface area contributed by atoms with Crippen LogP contribution in [0.1, 0.15) is 53.4 Å². The van der Waals surface area contributed by atoms with Gasteiger partial charge in [0.15, 0.2) is 0 Å². The minimum Gasteiger partial charge on any atom is -0.456 e. The maximum atomic E-state index is 11.5. The van der Waals surface area contributed by atoms with E-state index in [1.54, 1.807) is 13.8 Å². The van der Waals surface area contributed by atoms with E-state index < -0.39 is 17.7 Å². The van der Waals surface area contributed by atoms with Crippen molar-refractivity contribution < 1.29 is 14.6 Å². The Kier molecular flexibility index (Phi) is 4.97. The Hall–Kier alpha value is -0.830. The van der Waals surface area contributed by atoms with Gasteiger partial charge in [-0.2, -0.15) is 0 Å². The third-order valence-corrected chi connectivity index (χ3v) is 4.22. The Morgan fingerprint density at radius 3 is 2.61 bits per heavy atom. The fraction of sp³-hybridized carbons (Fsp3) is 0.800. The normalized spacial score (nSPS) is 33.8. The highest BCUT2D eigenvalue weighted by Crippen LogP contribution is 2.39. The lowest BCUT2D eigenvalue weighted by atomic mass is 9.72. The minimum absolute atomic E-state index is 0.384. The molecule has 18 heavy (non-hydrogen) atoms. The van der Waals surface area contributed by atoms with Crippen molar-refractivity contribution >= 4 is 5.97 Å². The average molecular weight is 254 g/mol. The van der Waals surface area contributed by atoms with Crippen LogP contribution >= 0.6 is 0 Å². The van der Waals surface area contributed by atoms with Crippen molar-refractivity contribution in [3.8, 4) is 0 Å². The van der Waals surface area contributed by atoms with Crippen LogP contribution in [0.4, 0.5) is 0 Å². The number of carbonyl (C=O) groups is 1. The van der Waals surface area contributed by atoms with Crippen molar-refractivity contribution in [3.05, 3.63) is 12.2 Å². The fourth-order valence-electron chi connectivity index (χ4n) is 2.68. The molecule has 1 N–H and O–H groups in total. The van der Waals surface area contributed by atoms with Gasteiger partial charge in [0.1, 0.15) is 6.10 Å². The largest absolute Gasteiger partial charge is 0.456 e. The van der Waals surface area contributed by atoms with Crippen molar-refractivity contribution in [1.29, 1.82) is 0 Å². The highest BCUT2D eigenvalue weighted by atomic mass is 16.6. The lowest BCUT2D eigenvalue weighted by Crippen LogP contribution is -2.48. The summed E-state index contributed by atoms with van der Waals surface area (Å²) in [6.45, 7) is 11.4. The minimum atomic E-state index is -0.919. The molecule has 3 heteroatoms. The summed E-state index contributed by atoms with van der Waals surface area (Å²) in [6, 6.07) is 0. The van der Waals surface area contributed by atoms with Gasteiger partial charge in [-0.05, 0) is 44.9 Å². The molecule has 0 saturated heterocycles. The molecule has 1 aliphatic rings. The molecule has 0 aromatic rings. The lowest BCUT2D eigenvalue weighted by molar-refractivity contribution is -0.168. The first-order valence-corrected chi connectivity index (χ1v) is 6.86. The Morgan fingerprint density at radius 2 is 2.17 bits per heavy atom. The number of esters is 1. The van der Waals surface area contributed by atoms with Gasteiger partial charge >= 0.3 is 5.97 Å². The molecule has 1 fully saturated rings. The number of ether oxygens (including phenoxy) is 1. The van der Waals surface area contributed by atoms with Crippen molar-refractivity contribution in [1.82, 2.24) is 0 Å².